The van der Waals surface area contributed by atoms with Gasteiger partial charge in [-0.1, -0.05) is 6.92 Å². The third kappa shape index (κ3) is 3.94. The van der Waals surface area contributed by atoms with Gasteiger partial charge in [0.05, 0.1) is 4.92 Å². The highest BCUT2D eigenvalue weighted by Crippen LogP contribution is 2.21. The maximum atomic E-state index is 11.6. The number of aliphatic carboxylic acids is 1. The Morgan fingerprint density at radius 2 is 2.10 bits per heavy atom. The highest BCUT2D eigenvalue weighted by atomic mass is 16.6. The monoisotopic (exact) mass is 281 g/mol. The quantitative estimate of drug-likeness (QED) is 0.562. The minimum absolute atomic E-state index is 0.0482. The summed E-state index contributed by atoms with van der Waals surface area (Å²) in [6.07, 6.45) is 0.252. The van der Waals surface area contributed by atoms with Crippen molar-refractivity contribution in [3.05, 3.63) is 33.9 Å². The van der Waals surface area contributed by atoms with Gasteiger partial charge in [-0.05, 0) is 25.5 Å². The van der Waals surface area contributed by atoms with Crippen molar-refractivity contribution in [1.29, 1.82) is 0 Å². The van der Waals surface area contributed by atoms with Crippen LogP contribution in [0, 0.1) is 17.0 Å². The van der Waals surface area contributed by atoms with Crippen LogP contribution in [0.4, 0.5) is 16.2 Å². The van der Waals surface area contributed by atoms with Crippen molar-refractivity contribution in [2.75, 3.05) is 5.32 Å². The average molecular weight is 281 g/mol. The number of benzene rings is 1. The molecule has 2 amide bonds. The summed E-state index contributed by atoms with van der Waals surface area (Å²) in [6, 6.07) is 2.45. The summed E-state index contributed by atoms with van der Waals surface area (Å²) >= 11 is 0. The van der Waals surface area contributed by atoms with Crippen LogP contribution in [-0.2, 0) is 4.79 Å². The Kier molecular flexibility index (Phi) is 5.01. The molecule has 0 saturated heterocycles. The van der Waals surface area contributed by atoms with E-state index in [1.54, 1.807) is 13.8 Å². The number of aryl methyl sites for hydroxylation is 1. The maximum absolute atomic E-state index is 11.6. The summed E-state index contributed by atoms with van der Waals surface area (Å²) < 4.78 is 0. The van der Waals surface area contributed by atoms with E-state index in [1.165, 1.54) is 18.2 Å². The zero-order valence-corrected chi connectivity index (χ0v) is 11.0. The van der Waals surface area contributed by atoms with Gasteiger partial charge >= 0.3 is 12.0 Å². The second-order valence-corrected chi connectivity index (χ2v) is 4.16. The Labute approximate surface area is 114 Å². The molecular weight excluding hydrogens is 266 g/mol. The van der Waals surface area contributed by atoms with E-state index in [0.717, 1.165) is 0 Å². The number of amides is 2. The number of carbonyl (C=O) groups excluding carboxylic acids is 1. The summed E-state index contributed by atoms with van der Waals surface area (Å²) in [5.74, 6) is -1.12. The van der Waals surface area contributed by atoms with Crippen LogP contribution in [0.15, 0.2) is 18.2 Å². The van der Waals surface area contributed by atoms with Gasteiger partial charge in [-0.2, -0.15) is 0 Å². The minimum atomic E-state index is -1.12. The fourth-order valence-electron chi connectivity index (χ4n) is 1.60. The molecule has 0 aliphatic carbocycles. The first-order chi connectivity index (χ1) is 9.35. The van der Waals surface area contributed by atoms with E-state index < -0.39 is 23.0 Å². The van der Waals surface area contributed by atoms with Gasteiger partial charge in [-0.15, -0.1) is 0 Å². The Hall–Kier alpha value is -2.64. The molecule has 0 radical (unpaired) electrons. The number of anilines is 1. The normalized spacial score (nSPS) is 11.5. The lowest BCUT2D eigenvalue weighted by molar-refractivity contribution is -0.385. The first-order valence-electron chi connectivity index (χ1n) is 5.90. The number of nitrogens with one attached hydrogen (secondary N) is 2. The number of carboxylic acids is 1. The van der Waals surface area contributed by atoms with Crippen molar-refractivity contribution < 1.29 is 19.6 Å². The predicted octanol–water partition coefficient (Wildman–Crippen LogP) is 1.89. The summed E-state index contributed by atoms with van der Waals surface area (Å²) in [7, 11) is 0. The van der Waals surface area contributed by atoms with Crippen LogP contribution in [0.2, 0.25) is 0 Å². The molecular formula is C12H15N3O5. The molecule has 0 aliphatic rings. The largest absolute Gasteiger partial charge is 0.480 e. The summed E-state index contributed by atoms with van der Waals surface area (Å²) in [6.45, 7) is 3.18. The molecule has 0 spiro atoms. The molecule has 1 rings (SSSR count). The van der Waals surface area contributed by atoms with Crippen molar-refractivity contribution >= 4 is 23.4 Å². The van der Waals surface area contributed by atoms with Crippen LogP contribution in [0.5, 0.6) is 0 Å². The third-order valence-electron chi connectivity index (χ3n) is 2.66. The highest BCUT2D eigenvalue weighted by Gasteiger charge is 2.18. The first-order valence-corrected chi connectivity index (χ1v) is 5.90. The van der Waals surface area contributed by atoms with Crippen LogP contribution in [0.3, 0.4) is 0 Å². The fraction of sp³-hybridized carbons (Fsp3) is 0.333. The summed E-state index contributed by atoms with van der Waals surface area (Å²) in [5.41, 5.74) is 0.705. The molecule has 8 nitrogen and oxygen atoms in total. The number of urea groups is 1. The molecule has 0 aromatic heterocycles. The molecule has 1 aromatic rings. The number of hydrogen-bond donors (Lipinski definition) is 3. The van der Waals surface area contributed by atoms with Crippen molar-refractivity contribution in [2.24, 2.45) is 0 Å². The van der Waals surface area contributed by atoms with Crippen molar-refractivity contribution in [2.45, 2.75) is 26.3 Å². The van der Waals surface area contributed by atoms with Crippen LogP contribution < -0.4 is 10.6 Å². The van der Waals surface area contributed by atoms with E-state index in [1.807, 2.05) is 0 Å². The molecule has 8 heteroatoms. The molecule has 0 unspecified atom stereocenters. The maximum Gasteiger partial charge on any atom is 0.326 e. The standard InChI is InChI=1S/C12H15N3O5/c1-3-9(11(16)17)14-12(18)13-8-4-5-10(15(19)20)7(2)6-8/h4-6,9H,3H2,1-2H3,(H,16,17)(H2,13,14,18)/t9-/m0/s1. The molecule has 1 atom stereocenters. The zero-order chi connectivity index (χ0) is 15.3. The number of nitro benzene ring substituents is 1. The molecule has 0 bridgehead atoms. The zero-order valence-electron chi connectivity index (χ0n) is 11.0. The lowest BCUT2D eigenvalue weighted by Gasteiger charge is -2.13. The van der Waals surface area contributed by atoms with E-state index in [2.05, 4.69) is 10.6 Å². The second kappa shape index (κ2) is 6.50. The van der Waals surface area contributed by atoms with Gasteiger partial charge in [0, 0.05) is 17.3 Å². The second-order valence-electron chi connectivity index (χ2n) is 4.16. The third-order valence-corrected chi connectivity index (χ3v) is 2.66. The van der Waals surface area contributed by atoms with Crippen LogP contribution >= 0.6 is 0 Å². The highest BCUT2D eigenvalue weighted by molar-refractivity contribution is 5.92. The number of nitrogens with zero attached hydrogens (tertiary/aromatic N) is 1. The van der Waals surface area contributed by atoms with Crippen molar-refractivity contribution in [1.82, 2.24) is 5.32 Å². The molecule has 3 N–H and O–H groups in total. The van der Waals surface area contributed by atoms with Gasteiger partial charge in [-0.3, -0.25) is 10.1 Å². The SMILES string of the molecule is CC[C@H](NC(=O)Nc1ccc([N+](=O)[O-])c(C)c1)C(=O)O. The van der Waals surface area contributed by atoms with Crippen molar-refractivity contribution in [3.8, 4) is 0 Å². The molecule has 0 fully saturated rings. The van der Waals surface area contributed by atoms with Crippen molar-refractivity contribution in [3.63, 3.8) is 0 Å². The number of nitro groups is 1. The molecule has 0 heterocycles. The molecule has 0 aliphatic heterocycles. The Bertz CT molecular complexity index is 544. The first kappa shape index (κ1) is 15.4. The van der Waals surface area contributed by atoms with E-state index in [9.17, 15) is 19.7 Å². The number of hydrogen-bond acceptors (Lipinski definition) is 4. The number of carbonyl (C=O) groups is 2. The molecule has 1 aromatic carbocycles. The van der Waals surface area contributed by atoms with E-state index in [0.29, 0.717) is 11.3 Å². The average Bonchev–Trinajstić information content (AvgIpc) is 2.35. The van der Waals surface area contributed by atoms with Gasteiger partial charge in [-0.25, -0.2) is 9.59 Å². The smallest absolute Gasteiger partial charge is 0.326 e. The van der Waals surface area contributed by atoms with Crippen LogP contribution in [-0.4, -0.2) is 28.1 Å². The van der Waals surface area contributed by atoms with Gasteiger partial charge in [0.25, 0.3) is 5.69 Å². The summed E-state index contributed by atoms with van der Waals surface area (Å²) in [4.78, 5) is 32.5. The Balaban J connectivity index is 2.74. The van der Waals surface area contributed by atoms with E-state index >= 15 is 0 Å². The minimum Gasteiger partial charge on any atom is -0.480 e. The van der Waals surface area contributed by atoms with Gasteiger partial charge in [0.2, 0.25) is 0 Å². The van der Waals surface area contributed by atoms with E-state index in [-0.39, 0.29) is 12.1 Å². The number of rotatable bonds is 5. The van der Waals surface area contributed by atoms with E-state index in [4.69, 9.17) is 5.11 Å². The van der Waals surface area contributed by atoms with Crippen LogP contribution in [0.25, 0.3) is 0 Å². The van der Waals surface area contributed by atoms with Gasteiger partial charge in [0.15, 0.2) is 0 Å². The molecule has 0 saturated carbocycles. The predicted molar refractivity (Wildman–Crippen MR) is 71.7 cm³/mol. The van der Waals surface area contributed by atoms with Gasteiger partial charge < -0.3 is 15.7 Å². The topological polar surface area (TPSA) is 122 Å². The molecule has 108 valence electrons. The molecule has 20 heavy (non-hydrogen) atoms. The Morgan fingerprint density at radius 3 is 2.55 bits per heavy atom. The van der Waals surface area contributed by atoms with Gasteiger partial charge in [0.1, 0.15) is 6.04 Å². The summed E-state index contributed by atoms with van der Waals surface area (Å²) in [5, 5.41) is 24.2. The fourth-order valence-corrected chi connectivity index (χ4v) is 1.60. The lowest BCUT2D eigenvalue weighted by Crippen LogP contribution is -2.42. The van der Waals surface area contributed by atoms with Crippen LogP contribution in [0.1, 0.15) is 18.9 Å². The number of carboxylic acid groups (broad SMARTS) is 1. The lowest BCUT2D eigenvalue weighted by atomic mass is 10.2. The Morgan fingerprint density at radius 1 is 1.45 bits per heavy atom.